The van der Waals surface area contributed by atoms with Crippen molar-refractivity contribution in [2.75, 3.05) is 6.26 Å². The smallest absolute Gasteiger partial charge is 0.258 e. The fourth-order valence-corrected chi connectivity index (χ4v) is 3.36. The van der Waals surface area contributed by atoms with Gasteiger partial charge in [-0.2, -0.15) is 18.3 Å². The predicted molar refractivity (Wildman–Crippen MR) is 82.1 cm³/mol. The predicted octanol–water partition coefficient (Wildman–Crippen LogP) is 5.04. The summed E-state index contributed by atoms with van der Waals surface area (Å²) < 4.78 is 39.5. The Bertz CT molecular complexity index is 770. The summed E-state index contributed by atoms with van der Waals surface area (Å²) in [6, 6.07) is 1.33. The van der Waals surface area contributed by atoms with Crippen LogP contribution in [-0.4, -0.2) is 21.0 Å². The summed E-state index contributed by atoms with van der Waals surface area (Å²) >= 11 is 12.9. The number of nitrogens with zero attached hydrogens (tertiary/aromatic N) is 3. The van der Waals surface area contributed by atoms with E-state index in [0.717, 1.165) is 11.8 Å². The highest BCUT2D eigenvalue weighted by atomic mass is 35.5. The van der Waals surface area contributed by atoms with Crippen LogP contribution in [0.15, 0.2) is 17.2 Å². The number of thioether (sulfide) groups is 1. The molecule has 0 atom stereocenters. The third-order valence-electron chi connectivity index (χ3n) is 2.95. The van der Waals surface area contributed by atoms with E-state index >= 15 is 0 Å². The zero-order chi connectivity index (χ0) is 17.5. The summed E-state index contributed by atoms with van der Waals surface area (Å²) in [5.41, 5.74) is -1.68. The molecular formula is C12H8Cl2F3N3O2S. The molecule has 0 N–H and O–H groups in total. The molecule has 11 heteroatoms. The van der Waals surface area contributed by atoms with E-state index in [9.17, 15) is 23.3 Å². The molecule has 0 amide bonds. The van der Waals surface area contributed by atoms with Gasteiger partial charge in [0, 0.05) is 12.6 Å². The van der Waals surface area contributed by atoms with Crippen LogP contribution >= 0.6 is 35.0 Å². The SMILES string of the molecule is CSc1c([N+](=O)[O-])c(-c2c(Cl)cc(C(F)(F)F)cc2Cl)nn1C. The molecule has 1 aromatic heterocycles. The number of rotatable bonds is 3. The molecule has 1 heterocycles. The van der Waals surface area contributed by atoms with E-state index in [2.05, 4.69) is 5.10 Å². The average Bonchev–Trinajstić information content (AvgIpc) is 2.73. The summed E-state index contributed by atoms with van der Waals surface area (Å²) in [6.45, 7) is 0. The van der Waals surface area contributed by atoms with E-state index in [4.69, 9.17) is 23.2 Å². The maximum Gasteiger partial charge on any atom is 0.416 e. The van der Waals surface area contributed by atoms with E-state index in [-0.39, 0.29) is 32.0 Å². The van der Waals surface area contributed by atoms with Crippen LogP contribution < -0.4 is 0 Å². The molecule has 1 aromatic carbocycles. The number of nitro groups is 1. The van der Waals surface area contributed by atoms with Crippen molar-refractivity contribution >= 4 is 40.7 Å². The van der Waals surface area contributed by atoms with Gasteiger partial charge in [-0.1, -0.05) is 23.2 Å². The van der Waals surface area contributed by atoms with Gasteiger partial charge < -0.3 is 0 Å². The molecule has 5 nitrogen and oxygen atoms in total. The molecule has 0 aliphatic heterocycles. The normalized spacial score (nSPS) is 11.8. The van der Waals surface area contributed by atoms with Crippen LogP contribution in [0.1, 0.15) is 5.56 Å². The van der Waals surface area contributed by atoms with Crippen molar-refractivity contribution < 1.29 is 18.1 Å². The Balaban J connectivity index is 2.76. The van der Waals surface area contributed by atoms with E-state index in [1.165, 1.54) is 11.7 Å². The third-order valence-corrected chi connectivity index (χ3v) is 4.39. The summed E-state index contributed by atoms with van der Waals surface area (Å²) in [4.78, 5) is 10.6. The monoisotopic (exact) mass is 385 g/mol. The summed E-state index contributed by atoms with van der Waals surface area (Å²) in [6.07, 6.45) is -3.02. The fourth-order valence-electron chi connectivity index (χ4n) is 2.02. The van der Waals surface area contributed by atoms with Gasteiger partial charge in [0.2, 0.25) is 0 Å². The molecule has 0 saturated heterocycles. The van der Waals surface area contributed by atoms with Gasteiger partial charge in [-0.15, -0.1) is 11.8 Å². The van der Waals surface area contributed by atoms with Gasteiger partial charge in [0.25, 0.3) is 0 Å². The minimum Gasteiger partial charge on any atom is -0.258 e. The van der Waals surface area contributed by atoms with Crippen LogP contribution in [0.3, 0.4) is 0 Å². The highest BCUT2D eigenvalue weighted by Crippen LogP contribution is 2.45. The molecule has 2 rings (SSSR count). The van der Waals surface area contributed by atoms with Gasteiger partial charge in [-0.25, -0.2) is 0 Å². The first-order valence-electron chi connectivity index (χ1n) is 5.90. The number of hydrogen-bond acceptors (Lipinski definition) is 4. The first kappa shape index (κ1) is 17.9. The van der Waals surface area contributed by atoms with Crippen molar-refractivity contribution in [3.05, 3.63) is 37.9 Å². The maximum absolute atomic E-state index is 12.8. The van der Waals surface area contributed by atoms with E-state index < -0.39 is 16.7 Å². The van der Waals surface area contributed by atoms with Crippen LogP contribution in [0.4, 0.5) is 18.9 Å². The van der Waals surface area contributed by atoms with Crippen LogP contribution in [0, 0.1) is 10.1 Å². The Morgan fingerprint density at radius 3 is 2.22 bits per heavy atom. The first-order chi connectivity index (χ1) is 10.6. The van der Waals surface area contributed by atoms with Crippen LogP contribution in [-0.2, 0) is 13.2 Å². The van der Waals surface area contributed by atoms with Crippen molar-refractivity contribution in [1.82, 2.24) is 9.78 Å². The lowest BCUT2D eigenvalue weighted by Gasteiger charge is -2.10. The molecule has 0 fully saturated rings. The Morgan fingerprint density at radius 2 is 1.83 bits per heavy atom. The standard InChI is InChI=1S/C12H8Cl2F3N3O2S/c1-19-11(23-2)10(20(21)22)9(18-19)8-6(13)3-5(4-7(8)14)12(15,16)17/h3-4H,1-2H3. The number of aromatic nitrogens is 2. The topological polar surface area (TPSA) is 61.0 Å². The summed E-state index contributed by atoms with van der Waals surface area (Å²) in [5, 5.41) is 14.8. The number of benzene rings is 1. The molecule has 0 radical (unpaired) electrons. The third kappa shape index (κ3) is 3.26. The van der Waals surface area contributed by atoms with Crippen LogP contribution in [0.25, 0.3) is 11.3 Å². The lowest BCUT2D eigenvalue weighted by molar-refractivity contribution is -0.387. The second-order valence-corrected chi connectivity index (χ2v) is 6.01. The molecular weight excluding hydrogens is 378 g/mol. The molecule has 23 heavy (non-hydrogen) atoms. The largest absolute Gasteiger partial charge is 0.416 e. The van der Waals surface area contributed by atoms with Gasteiger partial charge in [-0.3, -0.25) is 14.8 Å². The van der Waals surface area contributed by atoms with E-state index in [1.807, 2.05) is 0 Å². The van der Waals surface area contributed by atoms with Crippen LogP contribution in [0.5, 0.6) is 0 Å². The fraction of sp³-hybridized carbons (Fsp3) is 0.250. The van der Waals surface area contributed by atoms with Crippen molar-refractivity contribution in [3.63, 3.8) is 0 Å². The Hall–Kier alpha value is -1.45. The van der Waals surface area contributed by atoms with Gasteiger partial charge in [0.1, 0.15) is 0 Å². The van der Waals surface area contributed by atoms with Crippen molar-refractivity contribution in [1.29, 1.82) is 0 Å². The van der Waals surface area contributed by atoms with E-state index in [1.54, 1.807) is 6.26 Å². The minimum absolute atomic E-state index is 0.107. The lowest BCUT2D eigenvalue weighted by atomic mass is 10.1. The number of halogens is 5. The Labute approximate surface area is 142 Å². The highest BCUT2D eigenvalue weighted by Gasteiger charge is 2.35. The molecule has 0 aliphatic carbocycles. The number of alkyl halides is 3. The lowest BCUT2D eigenvalue weighted by Crippen LogP contribution is -2.05. The maximum atomic E-state index is 12.8. The van der Waals surface area contributed by atoms with Crippen molar-refractivity contribution in [2.45, 2.75) is 11.2 Å². The molecule has 0 aliphatic rings. The second kappa shape index (κ2) is 6.21. The van der Waals surface area contributed by atoms with Gasteiger partial charge in [0.05, 0.1) is 20.5 Å². The molecule has 0 bridgehead atoms. The number of hydrogen-bond donors (Lipinski definition) is 0. The second-order valence-electron chi connectivity index (χ2n) is 4.40. The zero-order valence-electron chi connectivity index (χ0n) is 11.6. The summed E-state index contributed by atoms with van der Waals surface area (Å²) in [5.74, 6) is 0. The molecule has 0 unspecified atom stereocenters. The summed E-state index contributed by atoms with van der Waals surface area (Å²) in [7, 11) is 1.48. The van der Waals surface area contributed by atoms with Gasteiger partial charge in [0.15, 0.2) is 10.7 Å². The quantitative estimate of drug-likeness (QED) is 0.421. The van der Waals surface area contributed by atoms with Gasteiger partial charge >= 0.3 is 11.9 Å². The average molecular weight is 386 g/mol. The van der Waals surface area contributed by atoms with Crippen LogP contribution in [0.2, 0.25) is 10.0 Å². The first-order valence-corrected chi connectivity index (χ1v) is 7.88. The van der Waals surface area contributed by atoms with Gasteiger partial charge in [-0.05, 0) is 18.4 Å². The minimum atomic E-state index is -4.63. The van der Waals surface area contributed by atoms with E-state index in [0.29, 0.717) is 12.1 Å². The molecule has 0 spiro atoms. The highest BCUT2D eigenvalue weighted by molar-refractivity contribution is 7.98. The molecule has 0 saturated carbocycles. The number of aryl methyl sites for hydroxylation is 1. The van der Waals surface area contributed by atoms with Crippen molar-refractivity contribution in [3.8, 4) is 11.3 Å². The molecule has 2 aromatic rings. The zero-order valence-corrected chi connectivity index (χ0v) is 13.9. The molecule has 124 valence electrons. The Kier molecular flexibility index (Phi) is 4.84. The Morgan fingerprint density at radius 1 is 1.30 bits per heavy atom. The van der Waals surface area contributed by atoms with Crippen molar-refractivity contribution in [2.24, 2.45) is 7.05 Å².